The Morgan fingerprint density at radius 1 is 1.28 bits per heavy atom. The summed E-state index contributed by atoms with van der Waals surface area (Å²) in [5.74, 6) is 0.465. The zero-order valence-electron chi connectivity index (χ0n) is 10.6. The fourth-order valence-electron chi connectivity index (χ4n) is 1.07. The Bertz CT molecular complexity index is 425. The average molecular weight is 273 g/mol. The number of hydrogen-bond acceptors (Lipinski definition) is 6. The van der Waals surface area contributed by atoms with Crippen LogP contribution in [0.25, 0.3) is 0 Å². The van der Waals surface area contributed by atoms with Crippen LogP contribution in [0.15, 0.2) is 28.3 Å². The third-order valence-corrected chi connectivity index (χ3v) is 3.26. The van der Waals surface area contributed by atoms with Crippen molar-refractivity contribution < 1.29 is 18.3 Å². The molecule has 0 aliphatic heterocycles. The molecule has 1 aromatic heterocycles. The minimum atomic E-state index is -3.50. The standard InChI is InChI=1S/C10H16N3O4P/c1-4-16-18(14,17-5-2)13-12-9-6-7-10(15-3)11-8-9/h6-8H,4-5H2,1-3H3. The lowest BCUT2D eigenvalue weighted by Crippen LogP contribution is -1.92. The Hall–Kier alpha value is -1.30. The van der Waals surface area contributed by atoms with Gasteiger partial charge in [0.1, 0.15) is 5.69 Å². The molecule has 0 saturated heterocycles. The molecule has 100 valence electrons. The van der Waals surface area contributed by atoms with E-state index in [-0.39, 0.29) is 13.2 Å². The van der Waals surface area contributed by atoms with Crippen molar-refractivity contribution in [1.82, 2.24) is 4.98 Å². The van der Waals surface area contributed by atoms with Gasteiger partial charge in [0.05, 0.1) is 26.5 Å². The van der Waals surface area contributed by atoms with Crippen LogP contribution in [0.4, 0.5) is 5.69 Å². The first-order valence-electron chi connectivity index (χ1n) is 5.46. The second-order valence-corrected chi connectivity index (χ2v) is 4.68. The van der Waals surface area contributed by atoms with Crippen LogP contribution in [0, 0.1) is 0 Å². The Kier molecular flexibility index (Phi) is 5.91. The van der Waals surface area contributed by atoms with E-state index in [1.54, 1.807) is 26.0 Å². The lowest BCUT2D eigenvalue weighted by molar-refractivity contribution is 0.219. The molecule has 8 heteroatoms. The predicted octanol–water partition coefficient (Wildman–Crippen LogP) is 3.36. The SMILES string of the molecule is CCOP(=O)(N=Nc1ccc(OC)nc1)OCC. The van der Waals surface area contributed by atoms with E-state index in [0.29, 0.717) is 11.6 Å². The molecule has 1 heterocycles. The Morgan fingerprint density at radius 2 is 1.94 bits per heavy atom. The van der Waals surface area contributed by atoms with Crippen LogP contribution in [-0.4, -0.2) is 25.3 Å². The molecule has 0 saturated carbocycles. The maximum Gasteiger partial charge on any atom is 0.472 e. The van der Waals surface area contributed by atoms with E-state index < -0.39 is 7.75 Å². The highest BCUT2D eigenvalue weighted by Crippen LogP contribution is 2.50. The lowest BCUT2D eigenvalue weighted by Gasteiger charge is -2.09. The summed E-state index contributed by atoms with van der Waals surface area (Å²) in [7, 11) is -1.99. The number of aromatic nitrogens is 1. The van der Waals surface area contributed by atoms with Crippen molar-refractivity contribution in [2.75, 3.05) is 20.3 Å². The Labute approximate surface area is 106 Å². The number of methoxy groups -OCH3 is 1. The van der Waals surface area contributed by atoms with Crippen molar-refractivity contribution in [2.45, 2.75) is 13.8 Å². The van der Waals surface area contributed by atoms with Gasteiger partial charge in [0, 0.05) is 6.07 Å². The molecule has 0 aromatic carbocycles. The first-order chi connectivity index (χ1) is 8.63. The summed E-state index contributed by atoms with van der Waals surface area (Å²) in [6.07, 6.45) is 1.45. The molecule has 0 radical (unpaired) electrons. The van der Waals surface area contributed by atoms with Crippen molar-refractivity contribution in [3.8, 4) is 5.88 Å². The van der Waals surface area contributed by atoms with Crippen LogP contribution in [0.5, 0.6) is 5.88 Å². The van der Waals surface area contributed by atoms with E-state index in [9.17, 15) is 4.57 Å². The first kappa shape index (κ1) is 14.8. The van der Waals surface area contributed by atoms with Gasteiger partial charge in [0.2, 0.25) is 5.88 Å². The molecule has 0 bridgehead atoms. The molecule has 1 rings (SSSR count). The fourth-order valence-corrected chi connectivity index (χ4v) is 2.12. The van der Waals surface area contributed by atoms with Crippen molar-refractivity contribution in [1.29, 1.82) is 0 Å². The molecule has 1 aromatic rings. The van der Waals surface area contributed by atoms with Crippen LogP contribution in [-0.2, 0) is 13.6 Å². The second kappa shape index (κ2) is 7.20. The van der Waals surface area contributed by atoms with Gasteiger partial charge < -0.3 is 4.74 Å². The number of nitrogens with zero attached hydrogens (tertiary/aromatic N) is 3. The maximum absolute atomic E-state index is 12.0. The van der Waals surface area contributed by atoms with Gasteiger partial charge in [-0.15, -0.1) is 5.11 Å². The van der Waals surface area contributed by atoms with Crippen molar-refractivity contribution >= 4 is 13.4 Å². The van der Waals surface area contributed by atoms with Crippen molar-refractivity contribution in [3.63, 3.8) is 0 Å². The lowest BCUT2D eigenvalue weighted by atomic mass is 10.4. The summed E-state index contributed by atoms with van der Waals surface area (Å²) in [4.78, 5) is 7.56. The minimum absolute atomic E-state index is 0.233. The van der Waals surface area contributed by atoms with Gasteiger partial charge in [-0.25, -0.2) is 9.55 Å². The summed E-state index contributed by atoms with van der Waals surface area (Å²) in [5, 5.41) is 3.78. The zero-order chi connectivity index (χ0) is 13.4. The Morgan fingerprint density at radius 3 is 2.39 bits per heavy atom. The maximum atomic E-state index is 12.0. The monoisotopic (exact) mass is 273 g/mol. The third kappa shape index (κ3) is 4.52. The topological polar surface area (TPSA) is 82.4 Å². The molecule has 7 nitrogen and oxygen atoms in total. The summed E-state index contributed by atoms with van der Waals surface area (Å²) < 4.78 is 26.8. The van der Waals surface area contributed by atoms with Crippen LogP contribution in [0.2, 0.25) is 0 Å². The Balaban J connectivity index is 2.78. The molecule has 0 spiro atoms. The second-order valence-electron chi connectivity index (χ2n) is 3.05. The van der Waals surface area contributed by atoms with Crippen LogP contribution in [0.1, 0.15) is 13.8 Å². The minimum Gasteiger partial charge on any atom is -0.481 e. The smallest absolute Gasteiger partial charge is 0.472 e. The van der Waals surface area contributed by atoms with Gasteiger partial charge in [0.15, 0.2) is 0 Å². The van der Waals surface area contributed by atoms with Crippen molar-refractivity contribution in [3.05, 3.63) is 18.3 Å². The molecule has 0 aliphatic rings. The van der Waals surface area contributed by atoms with E-state index in [4.69, 9.17) is 13.8 Å². The molecule has 0 aliphatic carbocycles. The first-order valence-corrected chi connectivity index (χ1v) is 6.95. The molecular weight excluding hydrogens is 257 g/mol. The number of rotatable bonds is 7. The van der Waals surface area contributed by atoms with Gasteiger partial charge in [-0.05, 0) is 19.9 Å². The normalized spacial score (nSPS) is 11.9. The summed E-state index contributed by atoms with van der Waals surface area (Å²) in [6.45, 7) is 3.88. The third-order valence-electron chi connectivity index (χ3n) is 1.78. The van der Waals surface area contributed by atoms with E-state index in [0.717, 1.165) is 0 Å². The van der Waals surface area contributed by atoms with Crippen molar-refractivity contribution in [2.24, 2.45) is 10.00 Å². The molecule has 0 N–H and O–H groups in total. The molecule has 0 fully saturated rings. The molecule has 0 unspecified atom stereocenters. The summed E-state index contributed by atoms with van der Waals surface area (Å²) in [6, 6.07) is 3.26. The van der Waals surface area contributed by atoms with Gasteiger partial charge in [-0.1, -0.05) is 4.88 Å². The highest BCUT2D eigenvalue weighted by molar-refractivity contribution is 7.52. The van der Waals surface area contributed by atoms with Crippen LogP contribution in [0.3, 0.4) is 0 Å². The van der Waals surface area contributed by atoms with E-state index in [1.807, 2.05) is 0 Å². The summed E-state index contributed by atoms with van der Waals surface area (Å²) >= 11 is 0. The van der Waals surface area contributed by atoms with Gasteiger partial charge in [-0.2, -0.15) is 0 Å². The fraction of sp³-hybridized carbons (Fsp3) is 0.500. The average Bonchev–Trinajstić information content (AvgIpc) is 2.38. The highest BCUT2D eigenvalue weighted by Gasteiger charge is 2.22. The number of hydrogen-bond donors (Lipinski definition) is 0. The predicted molar refractivity (Wildman–Crippen MR) is 66.2 cm³/mol. The van der Waals surface area contributed by atoms with Gasteiger partial charge in [-0.3, -0.25) is 9.05 Å². The molecule has 0 atom stereocenters. The zero-order valence-corrected chi connectivity index (χ0v) is 11.5. The van der Waals surface area contributed by atoms with E-state index >= 15 is 0 Å². The van der Waals surface area contributed by atoms with Crippen LogP contribution < -0.4 is 4.74 Å². The quantitative estimate of drug-likeness (QED) is 0.562. The van der Waals surface area contributed by atoms with E-state index in [2.05, 4.69) is 15.0 Å². The molecule has 18 heavy (non-hydrogen) atoms. The van der Waals surface area contributed by atoms with E-state index in [1.165, 1.54) is 13.3 Å². The molecule has 0 amide bonds. The number of ether oxygens (including phenoxy) is 1. The largest absolute Gasteiger partial charge is 0.481 e. The van der Waals surface area contributed by atoms with Gasteiger partial charge in [0.25, 0.3) is 0 Å². The summed E-state index contributed by atoms with van der Waals surface area (Å²) in [5.41, 5.74) is 0.440. The van der Waals surface area contributed by atoms with Gasteiger partial charge >= 0.3 is 7.75 Å². The number of pyridine rings is 1. The van der Waals surface area contributed by atoms with Crippen LogP contribution >= 0.6 is 7.75 Å². The highest BCUT2D eigenvalue weighted by atomic mass is 31.2. The molecular formula is C10H16N3O4P.